The normalized spacial score (nSPS) is 11.7. The second-order valence-electron chi connectivity index (χ2n) is 12.5. The first-order valence-electron chi connectivity index (χ1n) is 16.2. The van der Waals surface area contributed by atoms with Gasteiger partial charge in [0, 0.05) is 32.6 Å². The molecule has 0 aliphatic heterocycles. The van der Waals surface area contributed by atoms with Crippen molar-refractivity contribution in [3.8, 4) is 28.6 Å². The van der Waals surface area contributed by atoms with E-state index in [9.17, 15) is 5.26 Å². The SMILES string of the molecule is N#Cc1ccc(-n2c3ccccc3c3cc(-c4ccc5c6ccccc6n(-c6cc7ccccc7c7ccccc67)c5c4)ccc32)cc1. The lowest BCUT2D eigenvalue weighted by Crippen LogP contribution is -1.96. The fraction of sp³-hybridized carbons (Fsp3) is 0. The van der Waals surface area contributed by atoms with Crippen molar-refractivity contribution in [2.75, 3.05) is 0 Å². The molecular weight excluding hydrogens is 583 g/mol. The van der Waals surface area contributed by atoms with Gasteiger partial charge in [0.1, 0.15) is 0 Å². The van der Waals surface area contributed by atoms with Gasteiger partial charge in [-0.2, -0.15) is 5.26 Å². The van der Waals surface area contributed by atoms with Crippen molar-refractivity contribution < 1.29 is 0 Å². The summed E-state index contributed by atoms with van der Waals surface area (Å²) in [6, 6.07) is 60.9. The molecule has 0 saturated heterocycles. The molecule has 0 atom stereocenters. The number of nitrogens with zero attached hydrogens (tertiary/aromatic N) is 3. The summed E-state index contributed by atoms with van der Waals surface area (Å²) in [6.07, 6.45) is 0. The van der Waals surface area contributed by atoms with Crippen molar-refractivity contribution in [1.82, 2.24) is 9.13 Å². The average molecular weight is 610 g/mol. The third-order valence-corrected chi connectivity index (χ3v) is 9.92. The Balaban J connectivity index is 1.23. The van der Waals surface area contributed by atoms with Gasteiger partial charge >= 0.3 is 0 Å². The third kappa shape index (κ3) is 3.81. The number of fused-ring (bicyclic) bond motifs is 9. The summed E-state index contributed by atoms with van der Waals surface area (Å²) >= 11 is 0. The second kappa shape index (κ2) is 10.2. The Hall–Kier alpha value is -6.63. The first-order chi connectivity index (χ1) is 23.8. The number of hydrogen-bond acceptors (Lipinski definition) is 1. The van der Waals surface area contributed by atoms with Crippen molar-refractivity contribution >= 4 is 65.2 Å². The van der Waals surface area contributed by atoms with Crippen molar-refractivity contribution in [3.05, 3.63) is 169 Å². The molecule has 2 aromatic heterocycles. The Morgan fingerprint density at radius 2 is 0.938 bits per heavy atom. The lowest BCUT2D eigenvalue weighted by Gasteiger charge is -2.15. The van der Waals surface area contributed by atoms with Gasteiger partial charge in [0.05, 0.1) is 39.4 Å². The zero-order valence-electron chi connectivity index (χ0n) is 25.9. The van der Waals surface area contributed by atoms with Crippen LogP contribution in [0.3, 0.4) is 0 Å². The number of para-hydroxylation sites is 2. The summed E-state index contributed by atoms with van der Waals surface area (Å²) in [6.45, 7) is 0. The Morgan fingerprint density at radius 1 is 0.375 bits per heavy atom. The summed E-state index contributed by atoms with van der Waals surface area (Å²) < 4.78 is 4.75. The van der Waals surface area contributed by atoms with Gasteiger partial charge in [-0.1, -0.05) is 103 Å². The minimum absolute atomic E-state index is 0.659. The van der Waals surface area contributed by atoms with E-state index in [1.165, 1.54) is 70.9 Å². The molecular formula is C45H27N3. The first-order valence-corrected chi connectivity index (χ1v) is 16.2. The molecule has 8 aromatic carbocycles. The van der Waals surface area contributed by atoms with Gasteiger partial charge in [0.2, 0.25) is 0 Å². The summed E-state index contributed by atoms with van der Waals surface area (Å²) in [4.78, 5) is 0. The van der Waals surface area contributed by atoms with Crippen molar-refractivity contribution in [3.63, 3.8) is 0 Å². The minimum Gasteiger partial charge on any atom is -0.309 e. The van der Waals surface area contributed by atoms with Crippen molar-refractivity contribution in [2.45, 2.75) is 0 Å². The van der Waals surface area contributed by atoms with Crippen LogP contribution in [-0.4, -0.2) is 9.13 Å². The summed E-state index contributed by atoms with van der Waals surface area (Å²) in [7, 11) is 0. The maximum absolute atomic E-state index is 9.36. The van der Waals surface area contributed by atoms with Crippen LogP contribution in [0.2, 0.25) is 0 Å². The third-order valence-electron chi connectivity index (χ3n) is 9.92. The monoisotopic (exact) mass is 609 g/mol. The van der Waals surface area contributed by atoms with Gasteiger partial charge in [0.15, 0.2) is 0 Å². The van der Waals surface area contributed by atoms with Gasteiger partial charge in [-0.25, -0.2) is 0 Å². The van der Waals surface area contributed by atoms with E-state index < -0.39 is 0 Å². The van der Waals surface area contributed by atoms with Crippen LogP contribution in [-0.2, 0) is 0 Å². The van der Waals surface area contributed by atoms with Crippen LogP contribution < -0.4 is 0 Å². The van der Waals surface area contributed by atoms with Crippen LogP contribution in [0.15, 0.2) is 164 Å². The van der Waals surface area contributed by atoms with Gasteiger partial charge in [-0.3, -0.25) is 0 Å². The summed E-state index contributed by atoms with van der Waals surface area (Å²) in [5, 5.41) is 19.3. The molecule has 222 valence electrons. The Morgan fingerprint density at radius 3 is 1.71 bits per heavy atom. The number of hydrogen-bond donors (Lipinski definition) is 0. The molecule has 0 unspecified atom stereocenters. The van der Waals surface area contributed by atoms with Gasteiger partial charge in [0.25, 0.3) is 0 Å². The van der Waals surface area contributed by atoms with Crippen LogP contribution in [0, 0.1) is 11.3 Å². The van der Waals surface area contributed by atoms with Crippen molar-refractivity contribution in [2.24, 2.45) is 0 Å². The predicted octanol–water partition coefficient (Wildman–Crippen LogP) is 11.7. The molecule has 2 heterocycles. The van der Waals surface area contributed by atoms with E-state index in [2.05, 4.69) is 155 Å². The van der Waals surface area contributed by atoms with E-state index >= 15 is 0 Å². The fourth-order valence-corrected chi connectivity index (χ4v) is 7.74. The molecule has 0 aliphatic rings. The topological polar surface area (TPSA) is 33.6 Å². The van der Waals surface area contributed by atoms with E-state index in [4.69, 9.17) is 0 Å². The maximum atomic E-state index is 9.36. The Labute approximate surface area is 276 Å². The molecule has 0 N–H and O–H groups in total. The number of rotatable bonds is 3. The lowest BCUT2D eigenvalue weighted by atomic mass is 9.99. The smallest absolute Gasteiger partial charge is 0.0991 e. The molecule has 3 nitrogen and oxygen atoms in total. The molecule has 10 aromatic rings. The second-order valence-corrected chi connectivity index (χ2v) is 12.5. The Bertz CT molecular complexity index is 2950. The summed E-state index contributed by atoms with van der Waals surface area (Å²) in [5.74, 6) is 0. The molecule has 10 rings (SSSR count). The minimum atomic E-state index is 0.659. The lowest BCUT2D eigenvalue weighted by molar-refractivity contribution is 1.18. The molecule has 0 spiro atoms. The van der Waals surface area contributed by atoms with E-state index in [-0.39, 0.29) is 0 Å². The van der Waals surface area contributed by atoms with Crippen LogP contribution in [0.1, 0.15) is 5.56 Å². The molecule has 0 fully saturated rings. The molecule has 0 aliphatic carbocycles. The van der Waals surface area contributed by atoms with E-state index in [1.807, 2.05) is 24.3 Å². The van der Waals surface area contributed by atoms with E-state index in [0.29, 0.717) is 5.56 Å². The number of nitriles is 1. The van der Waals surface area contributed by atoms with Crippen LogP contribution in [0.5, 0.6) is 0 Å². The highest BCUT2D eigenvalue weighted by Crippen LogP contribution is 2.40. The number of aromatic nitrogens is 2. The van der Waals surface area contributed by atoms with Gasteiger partial charge in [-0.05, 0) is 87.9 Å². The highest BCUT2D eigenvalue weighted by Gasteiger charge is 2.18. The first kappa shape index (κ1) is 26.6. The molecule has 0 saturated carbocycles. The molecule has 48 heavy (non-hydrogen) atoms. The maximum Gasteiger partial charge on any atom is 0.0991 e. The Kier molecular flexibility index (Phi) is 5.64. The fourth-order valence-electron chi connectivity index (χ4n) is 7.74. The zero-order chi connectivity index (χ0) is 31.8. The molecule has 3 heteroatoms. The number of benzene rings is 8. The van der Waals surface area contributed by atoms with Crippen LogP contribution >= 0.6 is 0 Å². The van der Waals surface area contributed by atoms with Crippen LogP contribution in [0.25, 0.3) is 87.7 Å². The van der Waals surface area contributed by atoms with Gasteiger partial charge < -0.3 is 9.13 Å². The standard InChI is InChI=1S/C45H27N3/c46-28-29-17-21-33(22-18-29)47-41-15-7-6-14-38(41)40-25-30(20-24-43(40)47)31-19-23-39-37-13-5-8-16-42(37)48(44(39)26-31)45-27-32-9-1-2-10-34(32)35-11-3-4-12-36(35)45/h1-27H. The van der Waals surface area contributed by atoms with Crippen molar-refractivity contribution in [1.29, 1.82) is 5.26 Å². The highest BCUT2D eigenvalue weighted by atomic mass is 15.0. The van der Waals surface area contributed by atoms with E-state index in [0.717, 1.165) is 16.7 Å². The molecule has 0 radical (unpaired) electrons. The zero-order valence-corrected chi connectivity index (χ0v) is 25.9. The average Bonchev–Trinajstić information content (AvgIpc) is 3.66. The van der Waals surface area contributed by atoms with E-state index in [1.54, 1.807) is 0 Å². The summed E-state index contributed by atoms with van der Waals surface area (Å²) in [5.41, 5.74) is 9.92. The molecule has 0 amide bonds. The van der Waals surface area contributed by atoms with Gasteiger partial charge in [-0.15, -0.1) is 0 Å². The van der Waals surface area contributed by atoms with Crippen LogP contribution in [0.4, 0.5) is 0 Å². The predicted molar refractivity (Wildman–Crippen MR) is 200 cm³/mol. The largest absolute Gasteiger partial charge is 0.309 e. The highest BCUT2D eigenvalue weighted by molar-refractivity contribution is 6.16. The molecule has 0 bridgehead atoms. The quantitative estimate of drug-likeness (QED) is 0.183.